The van der Waals surface area contributed by atoms with Gasteiger partial charge < -0.3 is 10.4 Å². The minimum Gasteiger partial charge on any atom is -0.394 e. The van der Waals surface area contributed by atoms with Crippen LogP contribution in [0.2, 0.25) is 0 Å². The van der Waals surface area contributed by atoms with Crippen LogP contribution in [0.3, 0.4) is 0 Å². The third kappa shape index (κ3) is 3.65. The van der Waals surface area contributed by atoms with Gasteiger partial charge >= 0.3 is 0 Å². The molecule has 1 aromatic carbocycles. The van der Waals surface area contributed by atoms with Crippen LogP contribution in [0.1, 0.15) is 13.3 Å². The van der Waals surface area contributed by atoms with Gasteiger partial charge in [-0.15, -0.1) is 0 Å². The van der Waals surface area contributed by atoms with E-state index in [4.69, 9.17) is 5.11 Å². The Morgan fingerprint density at radius 3 is 2.55 bits per heavy atom. The standard InChI is InChI=1S/C11H17N3O5S/c1-3-8(7-15)13-10-5-4-9(20(18,19)12-2)6-11(10)14(16)17/h4-6,8,12-13,15H,3,7H2,1-2H3/t8-/m1/s1. The lowest BCUT2D eigenvalue weighted by molar-refractivity contribution is -0.384. The highest BCUT2D eigenvalue weighted by molar-refractivity contribution is 7.89. The summed E-state index contributed by atoms with van der Waals surface area (Å²) in [6.45, 7) is 1.64. The molecule has 0 bridgehead atoms. The molecule has 20 heavy (non-hydrogen) atoms. The maximum Gasteiger partial charge on any atom is 0.293 e. The monoisotopic (exact) mass is 303 g/mol. The van der Waals surface area contributed by atoms with Gasteiger partial charge in [-0.1, -0.05) is 6.92 Å². The zero-order valence-corrected chi connectivity index (χ0v) is 12.0. The van der Waals surface area contributed by atoms with Crippen LogP contribution in [0.15, 0.2) is 23.1 Å². The summed E-state index contributed by atoms with van der Waals surface area (Å²) in [7, 11) is -2.51. The Morgan fingerprint density at radius 2 is 2.10 bits per heavy atom. The predicted octanol–water partition coefficient (Wildman–Crippen LogP) is 0.686. The lowest BCUT2D eigenvalue weighted by atomic mass is 10.2. The molecular weight excluding hydrogens is 286 g/mol. The summed E-state index contributed by atoms with van der Waals surface area (Å²) in [5.41, 5.74) is -0.181. The van der Waals surface area contributed by atoms with Gasteiger partial charge in [0.15, 0.2) is 0 Å². The van der Waals surface area contributed by atoms with Crippen LogP contribution in [-0.4, -0.2) is 38.1 Å². The van der Waals surface area contributed by atoms with E-state index >= 15 is 0 Å². The number of nitrogens with zero attached hydrogens (tertiary/aromatic N) is 1. The number of nitro benzene ring substituents is 1. The van der Waals surface area contributed by atoms with E-state index in [2.05, 4.69) is 10.0 Å². The van der Waals surface area contributed by atoms with Crippen molar-refractivity contribution in [3.8, 4) is 0 Å². The number of nitrogens with one attached hydrogen (secondary N) is 2. The number of benzene rings is 1. The van der Waals surface area contributed by atoms with Crippen LogP contribution in [0.25, 0.3) is 0 Å². The minimum absolute atomic E-state index is 0.172. The third-order valence-electron chi connectivity index (χ3n) is 2.82. The van der Waals surface area contributed by atoms with Gasteiger partial charge in [0.2, 0.25) is 10.0 Å². The van der Waals surface area contributed by atoms with E-state index in [-0.39, 0.29) is 28.9 Å². The van der Waals surface area contributed by atoms with Gasteiger partial charge in [-0.05, 0) is 25.6 Å². The molecule has 0 aromatic heterocycles. The fourth-order valence-electron chi connectivity index (χ4n) is 1.57. The molecule has 1 rings (SSSR count). The van der Waals surface area contributed by atoms with Crippen LogP contribution in [-0.2, 0) is 10.0 Å². The van der Waals surface area contributed by atoms with E-state index in [1.54, 1.807) is 0 Å². The summed E-state index contributed by atoms with van der Waals surface area (Å²) in [4.78, 5) is 10.2. The minimum atomic E-state index is -3.74. The molecule has 0 unspecified atom stereocenters. The number of hydrogen-bond acceptors (Lipinski definition) is 6. The zero-order chi connectivity index (χ0) is 15.3. The first kappa shape index (κ1) is 16.3. The number of sulfonamides is 1. The van der Waals surface area contributed by atoms with Gasteiger partial charge in [0.25, 0.3) is 5.69 Å². The molecule has 0 spiro atoms. The van der Waals surface area contributed by atoms with Crippen molar-refractivity contribution in [3.63, 3.8) is 0 Å². The van der Waals surface area contributed by atoms with Crippen LogP contribution >= 0.6 is 0 Å². The Bertz CT molecular complexity index is 584. The Balaban J connectivity index is 3.25. The highest BCUT2D eigenvalue weighted by Crippen LogP contribution is 2.28. The second-order valence-corrected chi connectivity index (χ2v) is 5.96. The summed E-state index contributed by atoms with van der Waals surface area (Å²) in [6.07, 6.45) is 0.574. The highest BCUT2D eigenvalue weighted by Gasteiger charge is 2.21. The molecule has 0 amide bonds. The Kier molecular flexibility index (Phi) is 5.43. The van der Waals surface area contributed by atoms with Crippen molar-refractivity contribution in [1.82, 2.24) is 4.72 Å². The normalized spacial score (nSPS) is 12.9. The first-order valence-electron chi connectivity index (χ1n) is 5.95. The van der Waals surface area contributed by atoms with Gasteiger partial charge in [-0.25, -0.2) is 13.1 Å². The zero-order valence-electron chi connectivity index (χ0n) is 11.2. The van der Waals surface area contributed by atoms with E-state index in [0.717, 1.165) is 6.07 Å². The summed E-state index contributed by atoms with van der Waals surface area (Å²) in [5, 5.41) is 23.0. The van der Waals surface area contributed by atoms with Crippen molar-refractivity contribution < 1.29 is 18.4 Å². The molecule has 0 fully saturated rings. The van der Waals surface area contributed by atoms with Crippen LogP contribution in [0.4, 0.5) is 11.4 Å². The van der Waals surface area contributed by atoms with Crippen molar-refractivity contribution in [1.29, 1.82) is 0 Å². The summed E-state index contributed by atoms with van der Waals surface area (Å²) >= 11 is 0. The van der Waals surface area contributed by atoms with Gasteiger partial charge in [0.05, 0.1) is 16.4 Å². The molecule has 0 saturated heterocycles. The molecule has 0 heterocycles. The van der Waals surface area contributed by atoms with E-state index in [9.17, 15) is 18.5 Å². The molecule has 0 aliphatic carbocycles. The Labute approximate surface area is 117 Å². The second kappa shape index (κ2) is 6.64. The van der Waals surface area contributed by atoms with Crippen LogP contribution in [0, 0.1) is 10.1 Å². The smallest absolute Gasteiger partial charge is 0.293 e. The Morgan fingerprint density at radius 1 is 1.45 bits per heavy atom. The Hall–Kier alpha value is -1.71. The summed E-state index contributed by atoms with van der Waals surface area (Å²) in [6, 6.07) is 3.24. The van der Waals surface area contributed by atoms with Gasteiger partial charge in [-0.3, -0.25) is 10.1 Å². The molecule has 112 valence electrons. The average molecular weight is 303 g/mol. The predicted molar refractivity (Wildman–Crippen MR) is 74.1 cm³/mol. The summed E-state index contributed by atoms with van der Waals surface area (Å²) in [5.74, 6) is 0. The third-order valence-corrected chi connectivity index (χ3v) is 4.23. The molecule has 0 aliphatic rings. The largest absolute Gasteiger partial charge is 0.394 e. The van der Waals surface area contributed by atoms with Gasteiger partial charge in [0, 0.05) is 12.1 Å². The number of anilines is 1. The molecular formula is C11H17N3O5S. The maximum absolute atomic E-state index is 11.6. The topological polar surface area (TPSA) is 122 Å². The van der Waals surface area contributed by atoms with E-state index in [0.29, 0.717) is 6.42 Å². The molecule has 3 N–H and O–H groups in total. The molecule has 9 heteroatoms. The number of nitro groups is 1. The first-order valence-corrected chi connectivity index (χ1v) is 7.43. The van der Waals surface area contributed by atoms with Crippen molar-refractivity contribution in [3.05, 3.63) is 28.3 Å². The maximum atomic E-state index is 11.6. The number of rotatable bonds is 7. The van der Waals surface area contributed by atoms with E-state index < -0.39 is 14.9 Å². The molecule has 0 radical (unpaired) electrons. The van der Waals surface area contributed by atoms with Crippen LogP contribution < -0.4 is 10.0 Å². The van der Waals surface area contributed by atoms with Crippen molar-refractivity contribution in [2.75, 3.05) is 19.0 Å². The second-order valence-electron chi connectivity index (χ2n) is 4.08. The van der Waals surface area contributed by atoms with Crippen molar-refractivity contribution in [2.45, 2.75) is 24.3 Å². The first-order chi connectivity index (χ1) is 9.35. The average Bonchev–Trinajstić information content (AvgIpc) is 2.44. The molecule has 1 atom stereocenters. The van der Waals surface area contributed by atoms with Crippen molar-refractivity contribution >= 4 is 21.4 Å². The lowest BCUT2D eigenvalue weighted by Gasteiger charge is -2.15. The summed E-state index contributed by atoms with van der Waals surface area (Å²) < 4.78 is 25.4. The van der Waals surface area contributed by atoms with E-state index in [1.807, 2.05) is 6.92 Å². The fraction of sp³-hybridized carbons (Fsp3) is 0.455. The van der Waals surface area contributed by atoms with Gasteiger partial charge in [0.1, 0.15) is 5.69 Å². The number of aliphatic hydroxyl groups excluding tert-OH is 1. The SMILES string of the molecule is CC[C@H](CO)Nc1ccc(S(=O)(=O)NC)cc1[N+](=O)[O-]. The van der Waals surface area contributed by atoms with E-state index in [1.165, 1.54) is 19.2 Å². The van der Waals surface area contributed by atoms with Crippen molar-refractivity contribution in [2.24, 2.45) is 0 Å². The molecule has 8 nitrogen and oxygen atoms in total. The molecule has 0 aliphatic heterocycles. The fourth-order valence-corrected chi connectivity index (χ4v) is 2.32. The quantitative estimate of drug-likeness (QED) is 0.503. The number of aliphatic hydroxyl groups is 1. The molecule has 1 aromatic rings. The highest BCUT2D eigenvalue weighted by atomic mass is 32.2. The van der Waals surface area contributed by atoms with Gasteiger partial charge in [-0.2, -0.15) is 0 Å². The molecule has 0 saturated carbocycles. The number of hydrogen-bond donors (Lipinski definition) is 3. The lowest BCUT2D eigenvalue weighted by Crippen LogP contribution is -2.23. The van der Waals surface area contributed by atoms with Crippen LogP contribution in [0.5, 0.6) is 0 Å².